The summed E-state index contributed by atoms with van der Waals surface area (Å²) in [5.41, 5.74) is 2.05. The maximum Gasteiger partial charge on any atom is 0.137 e. The first-order valence-corrected chi connectivity index (χ1v) is 7.36. The van der Waals surface area contributed by atoms with Crippen LogP contribution in [0.25, 0.3) is 11.0 Å². The SMILES string of the molecule is CCC1CCC(C(O)c2cc3cccc(C)c3o2)C1. The third-order valence-electron chi connectivity index (χ3n) is 4.66. The Labute approximate surface area is 114 Å². The average Bonchev–Trinajstić information content (AvgIpc) is 3.05. The van der Waals surface area contributed by atoms with Crippen molar-refractivity contribution in [3.63, 3.8) is 0 Å². The van der Waals surface area contributed by atoms with Crippen molar-refractivity contribution >= 4 is 11.0 Å². The van der Waals surface area contributed by atoms with Gasteiger partial charge in [0.25, 0.3) is 0 Å². The Morgan fingerprint density at radius 1 is 1.37 bits per heavy atom. The number of fused-ring (bicyclic) bond motifs is 1. The van der Waals surface area contributed by atoms with Gasteiger partial charge in [0.15, 0.2) is 0 Å². The molecule has 3 atom stereocenters. The molecule has 1 aromatic carbocycles. The summed E-state index contributed by atoms with van der Waals surface area (Å²) in [4.78, 5) is 0. The summed E-state index contributed by atoms with van der Waals surface area (Å²) in [6.07, 6.45) is 4.28. The van der Waals surface area contributed by atoms with Gasteiger partial charge in [-0.2, -0.15) is 0 Å². The van der Waals surface area contributed by atoms with E-state index in [0.29, 0.717) is 5.92 Å². The average molecular weight is 258 g/mol. The topological polar surface area (TPSA) is 33.4 Å². The first-order valence-electron chi connectivity index (χ1n) is 7.36. The van der Waals surface area contributed by atoms with Crippen molar-refractivity contribution in [2.75, 3.05) is 0 Å². The van der Waals surface area contributed by atoms with Gasteiger partial charge in [-0.25, -0.2) is 0 Å². The van der Waals surface area contributed by atoms with E-state index in [0.717, 1.165) is 41.1 Å². The molecule has 1 aliphatic rings. The van der Waals surface area contributed by atoms with Gasteiger partial charge in [0.05, 0.1) is 0 Å². The molecule has 0 amide bonds. The third-order valence-corrected chi connectivity index (χ3v) is 4.66. The molecule has 1 N–H and O–H groups in total. The minimum Gasteiger partial charge on any atom is -0.458 e. The molecule has 1 aromatic heterocycles. The smallest absolute Gasteiger partial charge is 0.137 e. The van der Waals surface area contributed by atoms with Gasteiger partial charge >= 0.3 is 0 Å². The van der Waals surface area contributed by atoms with E-state index in [2.05, 4.69) is 6.92 Å². The first kappa shape index (κ1) is 12.7. The van der Waals surface area contributed by atoms with E-state index in [-0.39, 0.29) is 0 Å². The lowest BCUT2D eigenvalue weighted by Crippen LogP contribution is -2.08. The fourth-order valence-electron chi connectivity index (χ4n) is 3.38. The predicted molar refractivity (Wildman–Crippen MR) is 77.0 cm³/mol. The molecule has 0 spiro atoms. The largest absolute Gasteiger partial charge is 0.458 e. The second-order valence-electron chi connectivity index (χ2n) is 5.93. The van der Waals surface area contributed by atoms with E-state index in [1.807, 2.05) is 31.2 Å². The van der Waals surface area contributed by atoms with E-state index in [4.69, 9.17) is 4.42 Å². The maximum atomic E-state index is 10.5. The zero-order valence-corrected chi connectivity index (χ0v) is 11.7. The van der Waals surface area contributed by atoms with Crippen LogP contribution in [-0.4, -0.2) is 5.11 Å². The van der Waals surface area contributed by atoms with Gasteiger partial charge in [0, 0.05) is 5.39 Å². The molecule has 0 bridgehead atoms. The van der Waals surface area contributed by atoms with Crippen LogP contribution in [0.2, 0.25) is 0 Å². The van der Waals surface area contributed by atoms with Crippen molar-refractivity contribution in [2.45, 2.75) is 45.6 Å². The Hall–Kier alpha value is -1.28. The van der Waals surface area contributed by atoms with Crippen molar-refractivity contribution in [1.82, 2.24) is 0 Å². The number of benzene rings is 1. The molecular weight excluding hydrogens is 236 g/mol. The second kappa shape index (κ2) is 5.01. The molecule has 2 nitrogen and oxygen atoms in total. The highest BCUT2D eigenvalue weighted by Crippen LogP contribution is 2.41. The van der Waals surface area contributed by atoms with E-state index in [9.17, 15) is 5.11 Å². The normalized spacial score (nSPS) is 25.0. The van der Waals surface area contributed by atoms with Crippen molar-refractivity contribution < 1.29 is 9.52 Å². The Morgan fingerprint density at radius 3 is 2.89 bits per heavy atom. The van der Waals surface area contributed by atoms with Gasteiger partial charge in [0.1, 0.15) is 17.4 Å². The summed E-state index contributed by atoms with van der Waals surface area (Å²) in [5, 5.41) is 11.6. The van der Waals surface area contributed by atoms with Crippen LogP contribution in [0.5, 0.6) is 0 Å². The number of furan rings is 1. The van der Waals surface area contributed by atoms with Gasteiger partial charge in [-0.1, -0.05) is 38.0 Å². The molecule has 19 heavy (non-hydrogen) atoms. The molecule has 1 fully saturated rings. The lowest BCUT2D eigenvalue weighted by atomic mass is 9.96. The number of rotatable bonds is 3. The van der Waals surface area contributed by atoms with Crippen molar-refractivity contribution in [3.8, 4) is 0 Å². The second-order valence-corrected chi connectivity index (χ2v) is 5.93. The Kier molecular flexibility index (Phi) is 3.36. The van der Waals surface area contributed by atoms with Crippen LogP contribution in [-0.2, 0) is 0 Å². The molecule has 0 saturated heterocycles. The van der Waals surface area contributed by atoms with Gasteiger partial charge in [-0.05, 0) is 43.2 Å². The molecule has 3 rings (SSSR count). The first-order chi connectivity index (χ1) is 9.19. The van der Waals surface area contributed by atoms with Crippen LogP contribution in [0, 0.1) is 18.8 Å². The summed E-state index contributed by atoms with van der Waals surface area (Å²) < 4.78 is 5.89. The molecule has 3 unspecified atom stereocenters. The number of aliphatic hydroxyl groups excluding tert-OH is 1. The number of para-hydroxylation sites is 1. The molecular formula is C17H22O2. The quantitative estimate of drug-likeness (QED) is 0.872. The standard InChI is InChI=1S/C17H22O2/c1-3-12-7-8-13(9-12)16(18)15-10-14-6-4-5-11(2)17(14)19-15/h4-6,10,12-13,16,18H,3,7-9H2,1-2H3. The molecule has 2 aromatic rings. The maximum absolute atomic E-state index is 10.5. The molecule has 2 heteroatoms. The van der Waals surface area contributed by atoms with Crippen LogP contribution in [0.15, 0.2) is 28.7 Å². The summed E-state index contributed by atoms with van der Waals surface area (Å²) in [6.45, 7) is 4.29. The van der Waals surface area contributed by atoms with Crippen LogP contribution < -0.4 is 0 Å². The van der Waals surface area contributed by atoms with Gasteiger partial charge < -0.3 is 9.52 Å². The fourth-order valence-corrected chi connectivity index (χ4v) is 3.38. The highest BCUT2D eigenvalue weighted by Gasteiger charge is 2.31. The van der Waals surface area contributed by atoms with Gasteiger partial charge in [0.2, 0.25) is 0 Å². The zero-order valence-electron chi connectivity index (χ0n) is 11.7. The number of hydrogen-bond acceptors (Lipinski definition) is 2. The lowest BCUT2D eigenvalue weighted by Gasteiger charge is -2.15. The summed E-state index contributed by atoms with van der Waals surface area (Å²) in [5.74, 6) is 1.89. The monoisotopic (exact) mass is 258 g/mol. The third kappa shape index (κ3) is 2.30. The summed E-state index contributed by atoms with van der Waals surface area (Å²) in [7, 11) is 0. The minimum atomic E-state index is -0.441. The van der Waals surface area contributed by atoms with E-state index >= 15 is 0 Å². The molecule has 0 radical (unpaired) electrons. The number of hydrogen-bond donors (Lipinski definition) is 1. The van der Waals surface area contributed by atoms with E-state index < -0.39 is 6.10 Å². The molecule has 1 saturated carbocycles. The van der Waals surface area contributed by atoms with Crippen molar-refractivity contribution in [1.29, 1.82) is 0 Å². The molecule has 1 heterocycles. The van der Waals surface area contributed by atoms with Crippen molar-refractivity contribution in [3.05, 3.63) is 35.6 Å². The van der Waals surface area contributed by atoms with Crippen LogP contribution >= 0.6 is 0 Å². The van der Waals surface area contributed by atoms with E-state index in [1.165, 1.54) is 12.8 Å². The summed E-state index contributed by atoms with van der Waals surface area (Å²) in [6, 6.07) is 8.13. The van der Waals surface area contributed by atoms with E-state index in [1.54, 1.807) is 0 Å². The van der Waals surface area contributed by atoms with Gasteiger partial charge in [-0.3, -0.25) is 0 Å². The molecule has 1 aliphatic carbocycles. The fraction of sp³-hybridized carbons (Fsp3) is 0.529. The van der Waals surface area contributed by atoms with Crippen LogP contribution in [0.4, 0.5) is 0 Å². The number of aliphatic hydroxyl groups is 1. The molecule has 0 aliphatic heterocycles. The number of aryl methyl sites for hydroxylation is 1. The Bertz CT molecular complexity index is 570. The zero-order chi connectivity index (χ0) is 13.4. The lowest BCUT2D eigenvalue weighted by molar-refractivity contribution is 0.0882. The van der Waals surface area contributed by atoms with Crippen molar-refractivity contribution in [2.24, 2.45) is 11.8 Å². The minimum absolute atomic E-state index is 0.366. The van der Waals surface area contributed by atoms with Crippen LogP contribution in [0.3, 0.4) is 0 Å². The summed E-state index contributed by atoms with van der Waals surface area (Å²) >= 11 is 0. The van der Waals surface area contributed by atoms with Crippen LogP contribution in [0.1, 0.15) is 50.0 Å². The highest BCUT2D eigenvalue weighted by molar-refractivity contribution is 5.80. The molecule has 102 valence electrons. The highest BCUT2D eigenvalue weighted by atomic mass is 16.4. The van der Waals surface area contributed by atoms with Gasteiger partial charge in [-0.15, -0.1) is 0 Å². The Balaban J connectivity index is 1.86. The predicted octanol–water partition coefficient (Wildman–Crippen LogP) is 4.60. The Morgan fingerprint density at radius 2 is 2.21 bits per heavy atom.